The van der Waals surface area contributed by atoms with Gasteiger partial charge in [0, 0.05) is 62.2 Å². The summed E-state index contributed by atoms with van der Waals surface area (Å²) in [6, 6.07) is 3.45. The number of fused-ring (bicyclic) bond motifs is 2. The van der Waals surface area contributed by atoms with Crippen LogP contribution in [0.15, 0.2) is 47.2 Å². The Hall–Kier alpha value is -2.64. The summed E-state index contributed by atoms with van der Waals surface area (Å²) in [7, 11) is 0. The Morgan fingerprint density at radius 2 is 2.21 bits per heavy atom. The van der Waals surface area contributed by atoms with Gasteiger partial charge in [-0.1, -0.05) is 6.08 Å². The van der Waals surface area contributed by atoms with E-state index in [1.165, 1.54) is 6.07 Å². The van der Waals surface area contributed by atoms with Crippen LogP contribution in [-0.4, -0.2) is 57.6 Å². The van der Waals surface area contributed by atoms with Crippen molar-refractivity contribution < 1.29 is 9.18 Å². The highest BCUT2D eigenvalue weighted by atomic mass is 19.1. The van der Waals surface area contributed by atoms with Crippen LogP contribution in [0.25, 0.3) is 11.2 Å². The quantitative estimate of drug-likeness (QED) is 0.852. The van der Waals surface area contributed by atoms with Gasteiger partial charge in [-0.25, -0.2) is 9.37 Å². The number of halogens is 1. The number of piperazine rings is 1. The van der Waals surface area contributed by atoms with E-state index in [1.807, 2.05) is 6.08 Å². The maximum Gasteiger partial charge on any atom is 0.173 e. The third-order valence-corrected chi connectivity index (χ3v) is 6.02. The number of nitrogens with zero attached hydrogens (tertiary/aromatic N) is 4. The average molecular weight is 393 g/mol. The normalized spacial score (nSPS) is 25.9. The summed E-state index contributed by atoms with van der Waals surface area (Å²) in [4.78, 5) is 24.7. The van der Waals surface area contributed by atoms with Crippen LogP contribution >= 0.6 is 0 Å². The van der Waals surface area contributed by atoms with Crippen molar-refractivity contribution >= 4 is 22.7 Å². The first kappa shape index (κ1) is 18.4. The van der Waals surface area contributed by atoms with Crippen molar-refractivity contribution in [3.05, 3.63) is 53.8 Å². The Morgan fingerprint density at radius 3 is 3.03 bits per heavy atom. The number of dihydropyridines is 1. The molecule has 2 aromatic heterocycles. The number of carbonyl (C=O) groups excluding carboxylic acids is 1. The molecule has 1 saturated heterocycles. The molecule has 29 heavy (non-hydrogen) atoms. The molecule has 2 aliphatic heterocycles. The molecule has 1 fully saturated rings. The fraction of sp³-hybridized carbons (Fsp3) is 0.409. The van der Waals surface area contributed by atoms with E-state index in [0.717, 1.165) is 37.3 Å². The summed E-state index contributed by atoms with van der Waals surface area (Å²) in [5, 5.41) is 3.42. The molecule has 0 aromatic carbocycles. The van der Waals surface area contributed by atoms with Crippen molar-refractivity contribution in [2.75, 3.05) is 19.6 Å². The molecule has 7 heteroatoms. The van der Waals surface area contributed by atoms with Crippen molar-refractivity contribution in [1.82, 2.24) is 19.6 Å². The summed E-state index contributed by atoms with van der Waals surface area (Å²) < 4.78 is 15.7. The predicted octanol–water partition coefficient (Wildman–Crippen LogP) is 2.61. The van der Waals surface area contributed by atoms with E-state index in [-0.39, 0.29) is 17.6 Å². The predicted molar refractivity (Wildman–Crippen MR) is 110 cm³/mol. The van der Waals surface area contributed by atoms with E-state index in [4.69, 9.17) is 4.99 Å². The standard InChI is InChI=1S/C22H24FN5O/c1-14-12-24-8-10-28(14)21-7-4-15-11-16(20(29)6-5-18(15)25-21)19-13-27-9-2-3-17(23)22(27)26-19/h2-4,9,11,13-14,21,24H,5-8,10,12H2,1H3/t14-,21?/m0/s1. The lowest BCUT2D eigenvalue weighted by Crippen LogP contribution is -2.53. The van der Waals surface area contributed by atoms with Crippen molar-refractivity contribution in [3.8, 4) is 0 Å². The number of aliphatic imine (C=N–C) groups is 1. The van der Waals surface area contributed by atoms with E-state index in [0.29, 0.717) is 30.2 Å². The van der Waals surface area contributed by atoms with Crippen molar-refractivity contribution in [1.29, 1.82) is 0 Å². The second-order valence-electron chi connectivity index (χ2n) is 7.94. The molecular formula is C22H24FN5O. The highest BCUT2D eigenvalue weighted by molar-refractivity contribution is 6.25. The molecule has 1 unspecified atom stereocenters. The van der Waals surface area contributed by atoms with Crippen LogP contribution in [0.1, 0.15) is 31.9 Å². The second-order valence-corrected chi connectivity index (χ2v) is 7.94. The number of allylic oxidation sites excluding steroid dienone is 3. The van der Waals surface area contributed by atoms with Gasteiger partial charge in [-0.15, -0.1) is 0 Å². The third-order valence-electron chi connectivity index (χ3n) is 6.02. The number of ketones is 1. The topological polar surface area (TPSA) is 62.0 Å². The summed E-state index contributed by atoms with van der Waals surface area (Å²) in [5.74, 6) is -0.369. The molecule has 2 atom stereocenters. The van der Waals surface area contributed by atoms with E-state index in [9.17, 15) is 9.18 Å². The van der Waals surface area contributed by atoms with E-state index >= 15 is 0 Å². The van der Waals surface area contributed by atoms with Crippen molar-refractivity contribution in [2.24, 2.45) is 4.99 Å². The molecule has 150 valence electrons. The van der Waals surface area contributed by atoms with Gasteiger partial charge in [0.1, 0.15) is 6.17 Å². The maximum absolute atomic E-state index is 14.0. The number of Topliss-reactive ketones (excluding diaryl/α,β-unsaturated/α-hetero) is 1. The Morgan fingerprint density at radius 1 is 1.31 bits per heavy atom. The van der Waals surface area contributed by atoms with Gasteiger partial charge in [0.15, 0.2) is 17.2 Å². The Labute approximate surface area is 168 Å². The molecule has 3 aliphatic rings. The molecule has 1 aliphatic carbocycles. The lowest BCUT2D eigenvalue weighted by Gasteiger charge is -2.39. The first-order valence-electron chi connectivity index (χ1n) is 10.2. The largest absolute Gasteiger partial charge is 0.314 e. The smallest absolute Gasteiger partial charge is 0.173 e. The van der Waals surface area contributed by atoms with Gasteiger partial charge in [-0.3, -0.25) is 14.7 Å². The van der Waals surface area contributed by atoms with Gasteiger partial charge in [0.2, 0.25) is 0 Å². The number of nitrogens with one attached hydrogen (secondary N) is 1. The number of hydrogen-bond donors (Lipinski definition) is 1. The van der Waals surface area contributed by atoms with Crippen LogP contribution in [0, 0.1) is 5.82 Å². The summed E-state index contributed by atoms with van der Waals surface area (Å²) >= 11 is 0. The van der Waals surface area contributed by atoms with Crippen molar-refractivity contribution in [3.63, 3.8) is 0 Å². The highest BCUT2D eigenvalue weighted by Crippen LogP contribution is 2.29. The molecule has 0 saturated carbocycles. The van der Waals surface area contributed by atoms with E-state index in [1.54, 1.807) is 22.9 Å². The van der Waals surface area contributed by atoms with Crippen LogP contribution < -0.4 is 5.32 Å². The monoisotopic (exact) mass is 393 g/mol. The Balaban J connectivity index is 1.47. The lowest BCUT2D eigenvalue weighted by molar-refractivity contribution is -0.113. The number of rotatable bonds is 2. The molecule has 0 amide bonds. The number of carbonyl (C=O) groups is 1. The SMILES string of the molecule is C[C@H]1CNCCN1C1CC=C2C=C(c3cn4cccc(F)c4n3)C(=O)CCC2=N1. The first-order valence-corrected chi connectivity index (χ1v) is 10.2. The fourth-order valence-electron chi connectivity index (χ4n) is 4.45. The molecule has 2 aromatic rings. The van der Waals surface area contributed by atoms with Gasteiger partial charge in [0.05, 0.1) is 5.69 Å². The number of hydrogen-bond acceptors (Lipinski definition) is 5. The second kappa shape index (κ2) is 7.31. The third kappa shape index (κ3) is 3.34. The zero-order valence-electron chi connectivity index (χ0n) is 16.4. The lowest BCUT2D eigenvalue weighted by atomic mass is 10.0. The van der Waals surface area contributed by atoms with E-state index < -0.39 is 5.82 Å². The highest BCUT2D eigenvalue weighted by Gasteiger charge is 2.30. The average Bonchev–Trinajstić information content (AvgIpc) is 3.09. The minimum Gasteiger partial charge on any atom is -0.314 e. The van der Waals surface area contributed by atoms with Crippen LogP contribution in [0.4, 0.5) is 4.39 Å². The number of pyridine rings is 1. The minimum atomic E-state index is -0.396. The Kier molecular flexibility index (Phi) is 4.64. The van der Waals surface area contributed by atoms with Gasteiger partial charge in [0.25, 0.3) is 0 Å². The summed E-state index contributed by atoms with van der Waals surface area (Å²) in [6.07, 6.45) is 9.54. The molecule has 0 radical (unpaired) electrons. The van der Waals surface area contributed by atoms with Gasteiger partial charge in [-0.05, 0) is 37.1 Å². The Bertz CT molecular complexity index is 1070. The van der Waals surface area contributed by atoms with Crippen molar-refractivity contribution in [2.45, 2.75) is 38.4 Å². The first-order chi connectivity index (χ1) is 14.1. The zero-order valence-corrected chi connectivity index (χ0v) is 16.4. The molecular weight excluding hydrogens is 369 g/mol. The molecule has 1 N–H and O–H groups in total. The summed E-state index contributed by atoms with van der Waals surface area (Å²) in [5.41, 5.74) is 3.28. The summed E-state index contributed by atoms with van der Waals surface area (Å²) in [6.45, 7) is 5.17. The van der Waals surface area contributed by atoms with Crippen LogP contribution in [0.2, 0.25) is 0 Å². The molecule has 6 nitrogen and oxygen atoms in total. The van der Waals surface area contributed by atoms with Crippen LogP contribution in [0.5, 0.6) is 0 Å². The molecule has 0 spiro atoms. The molecule has 0 bridgehead atoms. The van der Waals surface area contributed by atoms with E-state index in [2.05, 4.69) is 28.2 Å². The minimum absolute atomic E-state index is 0.0268. The maximum atomic E-state index is 14.0. The van der Waals surface area contributed by atoms with Gasteiger partial charge < -0.3 is 9.72 Å². The fourth-order valence-corrected chi connectivity index (χ4v) is 4.45. The molecule has 5 rings (SSSR count). The van der Waals surface area contributed by atoms with Gasteiger partial charge in [-0.2, -0.15) is 0 Å². The number of imidazole rings is 1. The van der Waals surface area contributed by atoms with Crippen LogP contribution in [0.3, 0.4) is 0 Å². The zero-order chi connectivity index (χ0) is 20.0. The number of aromatic nitrogens is 2. The molecule has 4 heterocycles. The van der Waals surface area contributed by atoms with Crippen LogP contribution in [-0.2, 0) is 4.79 Å². The van der Waals surface area contributed by atoms with Gasteiger partial charge >= 0.3 is 0 Å².